The molecule has 0 spiro atoms. The number of benzene rings is 1. The molecule has 0 aliphatic carbocycles. The second-order valence-corrected chi connectivity index (χ2v) is 8.32. The summed E-state index contributed by atoms with van der Waals surface area (Å²) in [4.78, 5) is 0. The van der Waals surface area contributed by atoms with Gasteiger partial charge in [0, 0.05) is 6.61 Å². The molecular formula is C25H44O. The quantitative estimate of drug-likeness (QED) is 0.239. The highest BCUT2D eigenvalue weighted by Crippen LogP contribution is 2.14. The zero-order valence-electron chi connectivity index (χ0n) is 17.7. The summed E-state index contributed by atoms with van der Waals surface area (Å²) in [5, 5.41) is 0. The zero-order valence-corrected chi connectivity index (χ0v) is 17.7. The minimum absolute atomic E-state index is 0.762. The van der Waals surface area contributed by atoms with Gasteiger partial charge in [-0.1, -0.05) is 128 Å². The standard InChI is InChI=1S/C25H44O/c1-24(2)19-15-12-10-8-6-4-3-5-7-9-11-13-18-22-26-23-25-20-16-14-17-21-25/h14,16-17,20-21,24H,3-13,15,18-19,22-23H2,1-2H3. The van der Waals surface area contributed by atoms with Gasteiger partial charge in [-0.15, -0.1) is 0 Å². The molecule has 1 rings (SSSR count). The van der Waals surface area contributed by atoms with E-state index >= 15 is 0 Å². The van der Waals surface area contributed by atoms with Crippen LogP contribution in [0.15, 0.2) is 30.3 Å². The lowest BCUT2D eigenvalue weighted by Gasteiger charge is -2.05. The fraction of sp³-hybridized carbons (Fsp3) is 0.760. The maximum absolute atomic E-state index is 5.74. The molecule has 1 aromatic carbocycles. The molecule has 1 aromatic rings. The second kappa shape index (κ2) is 17.6. The van der Waals surface area contributed by atoms with Crippen LogP contribution < -0.4 is 0 Å². The third-order valence-electron chi connectivity index (χ3n) is 5.18. The van der Waals surface area contributed by atoms with Gasteiger partial charge in [0.15, 0.2) is 0 Å². The SMILES string of the molecule is CC(C)CCCCCCCCCCCCCCCOCc1ccccc1. The summed E-state index contributed by atoms with van der Waals surface area (Å²) >= 11 is 0. The number of unbranched alkanes of at least 4 members (excludes halogenated alkanes) is 12. The molecular weight excluding hydrogens is 316 g/mol. The monoisotopic (exact) mass is 360 g/mol. The van der Waals surface area contributed by atoms with Gasteiger partial charge < -0.3 is 4.74 Å². The molecule has 0 aromatic heterocycles. The van der Waals surface area contributed by atoms with E-state index in [-0.39, 0.29) is 0 Å². The van der Waals surface area contributed by atoms with Crippen molar-refractivity contribution in [2.45, 2.75) is 110 Å². The molecule has 0 amide bonds. The maximum Gasteiger partial charge on any atom is 0.0716 e. The smallest absolute Gasteiger partial charge is 0.0716 e. The molecule has 1 nitrogen and oxygen atoms in total. The van der Waals surface area contributed by atoms with Crippen LogP contribution in [0.2, 0.25) is 0 Å². The van der Waals surface area contributed by atoms with Gasteiger partial charge in [0.25, 0.3) is 0 Å². The van der Waals surface area contributed by atoms with E-state index in [4.69, 9.17) is 4.74 Å². The molecule has 26 heavy (non-hydrogen) atoms. The van der Waals surface area contributed by atoms with Gasteiger partial charge in [0.2, 0.25) is 0 Å². The summed E-state index contributed by atoms with van der Waals surface area (Å²) in [6.07, 6.45) is 19.8. The molecule has 0 heterocycles. The number of hydrogen-bond donors (Lipinski definition) is 0. The van der Waals surface area contributed by atoms with Crippen molar-refractivity contribution in [2.75, 3.05) is 6.61 Å². The van der Waals surface area contributed by atoms with E-state index in [1.165, 1.54) is 95.5 Å². The number of rotatable bonds is 18. The van der Waals surface area contributed by atoms with E-state index < -0.39 is 0 Å². The lowest BCUT2D eigenvalue weighted by molar-refractivity contribution is 0.116. The van der Waals surface area contributed by atoms with Crippen LogP contribution in [0.1, 0.15) is 109 Å². The van der Waals surface area contributed by atoms with Crippen molar-refractivity contribution in [3.05, 3.63) is 35.9 Å². The minimum atomic E-state index is 0.762. The molecule has 0 fully saturated rings. The summed E-state index contributed by atoms with van der Waals surface area (Å²) < 4.78 is 5.74. The Morgan fingerprint density at radius 2 is 1.08 bits per heavy atom. The predicted octanol–water partition coefficient (Wildman–Crippen LogP) is 8.32. The molecule has 0 unspecified atom stereocenters. The predicted molar refractivity (Wildman–Crippen MR) is 116 cm³/mol. The van der Waals surface area contributed by atoms with Crippen LogP contribution >= 0.6 is 0 Å². The van der Waals surface area contributed by atoms with Crippen LogP contribution in [-0.2, 0) is 11.3 Å². The van der Waals surface area contributed by atoms with Gasteiger partial charge in [0.1, 0.15) is 0 Å². The zero-order chi connectivity index (χ0) is 18.7. The molecule has 0 N–H and O–H groups in total. The Morgan fingerprint density at radius 3 is 1.58 bits per heavy atom. The van der Waals surface area contributed by atoms with Gasteiger partial charge in [-0.05, 0) is 17.9 Å². The first-order valence-electron chi connectivity index (χ1n) is 11.4. The molecule has 1 heteroatoms. The van der Waals surface area contributed by atoms with Gasteiger partial charge >= 0.3 is 0 Å². The Hall–Kier alpha value is -0.820. The Morgan fingerprint density at radius 1 is 0.615 bits per heavy atom. The van der Waals surface area contributed by atoms with E-state index in [2.05, 4.69) is 44.2 Å². The van der Waals surface area contributed by atoms with Crippen molar-refractivity contribution in [3.8, 4) is 0 Å². The third-order valence-corrected chi connectivity index (χ3v) is 5.18. The van der Waals surface area contributed by atoms with E-state index in [9.17, 15) is 0 Å². The van der Waals surface area contributed by atoms with Crippen molar-refractivity contribution in [3.63, 3.8) is 0 Å². The maximum atomic E-state index is 5.74. The van der Waals surface area contributed by atoms with E-state index in [0.717, 1.165) is 19.1 Å². The third kappa shape index (κ3) is 15.4. The van der Waals surface area contributed by atoms with Gasteiger partial charge in [0.05, 0.1) is 6.61 Å². The van der Waals surface area contributed by atoms with Crippen LogP contribution in [0.25, 0.3) is 0 Å². The highest BCUT2D eigenvalue weighted by molar-refractivity contribution is 5.13. The molecule has 0 aliphatic heterocycles. The van der Waals surface area contributed by atoms with Crippen molar-refractivity contribution < 1.29 is 4.74 Å². The Bertz CT molecular complexity index is 384. The number of hydrogen-bond acceptors (Lipinski definition) is 1. The summed E-state index contributed by atoms with van der Waals surface area (Å²) in [6, 6.07) is 10.5. The summed E-state index contributed by atoms with van der Waals surface area (Å²) in [5.74, 6) is 0.886. The van der Waals surface area contributed by atoms with Crippen molar-refractivity contribution >= 4 is 0 Å². The molecule has 0 saturated heterocycles. The number of ether oxygens (including phenoxy) is 1. The molecule has 0 radical (unpaired) electrons. The molecule has 0 saturated carbocycles. The van der Waals surface area contributed by atoms with Crippen LogP contribution in [0.5, 0.6) is 0 Å². The first kappa shape index (κ1) is 23.2. The lowest BCUT2D eigenvalue weighted by Crippen LogP contribution is -1.95. The fourth-order valence-electron chi connectivity index (χ4n) is 3.47. The fourth-order valence-corrected chi connectivity index (χ4v) is 3.47. The average Bonchev–Trinajstić information content (AvgIpc) is 2.65. The van der Waals surface area contributed by atoms with Crippen molar-refractivity contribution in [1.29, 1.82) is 0 Å². The Labute approximate surface area is 163 Å². The van der Waals surface area contributed by atoms with Gasteiger partial charge in [-0.3, -0.25) is 0 Å². The summed E-state index contributed by atoms with van der Waals surface area (Å²) in [5.41, 5.74) is 1.28. The Balaban J connectivity index is 1.70. The summed E-state index contributed by atoms with van der Waals surface area (Å²) in [7, 11) is 0. The normalized spacial score (nSPS) is 11.3. The van der Waals surface area contributed by atoms with E-state index in [1.807, 2.05) is 0 Å². The van der Waals surface area contributed by atoms with E-state index in [0.29, 0.717) is 0 Å². The van der Waals surface area contributed by atoms with Crippen LogP contribution in [0, 0.1) is 5.92 Å². The van der Waals surface area contributed by atoms with Crippen molar-refractivity contribution in [2.24, 2.45) is 5.92 Å². The second-order valence-electron chi connectivity index (χ2n) is 8.32. The van der Waals surface area contributed by atoms with Crippen molar-refractivity contribution in [1.82, 2.24) is 0 Å². The molecule has 150 valence electrons. The van der Waals surface area contributed by atoms with Crippen LogP contribution in [0.3, 0.4) is 0 Å². The molecule has 0 atom stereocenters. The topological polar surface area (TPSA) is 9.23 Å². The average molecular weight is 361 g/mol. The highest BCUT2D eigenvalue weighted by Gasteiger charge is 1.96. The largest absolute Gasteiger partial charge is 0.377 e. The van der Waals surface area contributed by atoms with Gasteiger partial charge in [-0.25, -0.2) is 0 Å². The van der Waals surface area contributed by atoms with Crippen LogP contribution in [0.4, 0.5) is 0 Å². The first-order valence-corrected chi connectivity index (χ1v) is 11.4. The lowest BCUT2D eigenvalue weighted by atomic mass is 10.0. The van der Waals surface area contributed by atoms with E-state index in [1.54, 1.807) is 0 Å². The first-order chi connectivity index (χ1) is 12.8. The summed E-state index contributed by atoms with van der Waals surface area (Å²) in [6.45, 7) is 6.34. The highest BCUT2D eigenvalue weighted by atomic mass is 16.5. The molecule has 0 aliphatic rings. The Kier molecular flexibility index (Phi) is 15.7. The van der Waals surface area contributed by atoms with Gasteiger partial charge in [-0.2, -0.15) is 0 Å². The molecule has 0 bridgehead atoms. The minimum Gasteiger partial charge on any atom is -0.377 e. The van der Waals surface area contributed by atoms with Crippen LogP contribution in [-0.4, -0.2) is 6.61 Å².